The van der Waals surface area contributed by atoms with Gasteiger partial charge in [-0.3, -0.25) is 19.4 Å². The summed E-state index contributed by atoms with van der Waals surface area (Å²) in [7, 11) is -4.09. The average molecular weight is 625 g/mol. The minimum absolute atomic E-state index is 0.0566. The molecule has 0 bridgehead atoms. The van der Waals surface area contributed by atoms with Crippen LogP contribution >= 0.6 is 0 Å². The van der Waals surface area contributed by atoms with Crippen molar-refractivity contribution in [1.29, 1.82) is 0 Å². The van der Waals surface area contributed by atoms with Crippen molar-refractivity contribution in [3.63, 3.8) is 0 Å². The van der Waals surface area contributed by atoms with Crippen molar-refractivity contribution >= 4 is 33.1 Å². The van der Waals surface area contributed by atoms with E-state index in [0.717, 1.165) is 22.4 Å². The molecule has 1 atom stereocenters. The van der Waals surface area contributed by atoms with E-state index < -0.39 is 32.9 Å². The third-order valence-corrected chi connectivity index (χ3v) is 9.19. The maximum Gasteiger partial charge on any atom is 0.322 e. The monoisotopic (exact) mass is 624 g/mol. The molecule has 0 aliphatic carbocycles. The minimum atomic E-state index is -4.09. The van der Waals surface area contributed by atoms with E-state index in [1.807, 2.05) is 49.4 Å². The fourth-order valence-electron chi connectivity index (χ4n) is 5.37. The number of hydrogen-bond acceptors (Lipinski definition) is 8. The van der Waals surface area contributed by atoms with Crippen LogP contribution in [-0.4, -0.2) is 30.5 Å². The summed E-state index contributed by atoms with van der Waals surface area (Å²) in [5.74, 6) is -1.28. The number of aliphatic carboxylic acids is 1. The van der Waals surface area contributed by atoms with E-state index in [0.29, 0.717) is 28.9 Å². The van der Waals surface area contributed by atoms with Crippen molar-refractivity contribution in [3.8, 4) is 11.1 Å². The van der Waals surface area contributed by atoms with Crippen molar-refractivity contribution in [2.75, 3.05) is 10.6 Å². The zero-order chi connectivity index (χ0) is 32.3. The molecular formula is C34H32N4O6S. The van der Waals surface area contributed by atoms with Crippen LogP contribution in [0.25, 0.3) is 11.1 Å². The summed E-state index contributed by atoms with van der Waals surface area (Å²) in [5.41, 5.74) is 4.80. The van der Waals surface area contributed by atoms with Gasteiger partial charge in [0.1, 0.15) is 17.4 Å². The first-order chi connectivity index (χ1) is 21.4. The summed E-state index contributed by atoms with van der Waals surface area (Å²) < 4.78 is 28.8. The molecule has 0 amide bonds. The van der Waals surface area contributed by atoms with Crippen molar-refractivity contribution in [2.24, 2.45) is 0 Å². The second-order valence-electron chi connectivity index (χ2n) is 10.9. The molecule has 0 saturated heterocycles. The molecule has 11 heteroatoms. The number of sulfonamides is 1. The number of nitrogens with one attached hydrogen (secondary N) is 3. The van der Waals surface area contributed by atoms with Crippen LogP contribution in [0.1, 0.15) is 27.9 Å². The Hall–Kier alpha value is -5.13. The first-order valence-corrected chi connectivity index (χ1v) is 15.7. The molecule has 0 aliphatic heterocycles. The van der Waals surface area contributed by atoms with Gasteiger partial charge in [0.25, 0.3) is 10.9 Å². The van der Waals surface area contributed by atoms with Crippen LogP contribution in [0, 0.1) is 20.8 Å². The highest BCUT2D eigenvalue weighted by Gasteiger charge is 2.28. The molecule has 0 radical (unpaired) electrons. The number of carbonyl (C=O) groups is 1. The summed E-state index contributed by atoms with van der Waals surface area (Å²) in [6.07, 6.45) is 1.59. The van der Waals surface area contributed by atoms with Crippen LogP contribution < -0.4 is 26.2 Å². The highest BCUT2D eigenvalue weighted by atomic mass is 32.2. The lowest BCUT2D eigenvalue weighted by molar-refractivity contribution is -0.138. The highest BCUT2D eigenvalue weighted by molar-refractivity contribution is 7.89. The summed E-state index contributed by atoms with van der Waals surface area (Å²) in [5, 5.41) is 15.9. The highest BCUT2D eigenvalue weighted by Crippen LogP contribution is 2.27. The number of hydrogen-bond donors (Lipinski definition) is 4. The van der Waals surface area contributed by atoms with Crippen LogP contribution in [0.15, 0.2) is 99.5 Å². The molecule has 0 fully saturated rings. The number of anilines is 3. The zero-order valence-corrected chi connectivity index (χ0v) is 25.7. The third kappa shape index (κ3) is 7.00. The maximum atomic E-state index is 13.2. The van der Waals surface area contributed by atoms with Crippen molar-refractivity contribution in [1.82, 2.24) is 9.71 Å². The minimum Gasteiger partial charge on any atom is -0.480 e. The number of pyridine rings is 1. The molecule has 4 aromatic carbocycles. The Morgan fingerprint density at radius 2 is 1.53 bits per heavy atom. The second kappa shape index (κ2) is 12.8. The van der Waals surface area contributed by atoms with E-state index >= 15 is 0 Å². The molecule has 230 valence electrons. The molecule has 0 saturated carbocycles. The lowest BCUT2D eigenvalue weighted by Crippen LogP contribution is -2.42. The van der Waals surface area contributed by atoms with Gasteiger partial charge in [0.15, 0.2) is 0 Å². The van der Waals surface area contributed by atoms with E-state index in [2.05, 4.69) is 20.3 Å². The SMILES string of the molecule is Cc1cc(C)c(S(=O)(=O)NC(Cc2ccc(-c3cccc(Nc4c(NCc5ccccn5)c(=O)c4=O)c3)cc2)C(=O)O)c(C)c1. The zero-order valence-electron chi connectivity index (χ0n) is 24.9. The summed E-state index contributed by atoms with van der Waals surface area (Å²) in [6, 6.07) is 22.0. The standard InChI is InChI=1S/C34H32N4O6S/c1-20-15-21(2)33(22(3)16-20)45(43,44)38-28(34(41)42)17-23-10-12-24(13-11-23)25-7-6-9-26(18-25)37-30-29(31(39)32(30)40)36-19-27-8-4-5-14-35-27/h4-16,18,28,36-38H,17,19H2,1-3H3,(H,41,42). The van der Waals surface area contributed by atoms with E-state index in [9.17, 15) is 27.9 Å². The van der Waals surface area contributed by atoms with Gasteiger partial charge in [-0.1, -0.05) is 60.2 Å². The normalized spacial score (nSPS) is 12.2. The molecule has 45 heavy (non-hydrogen) atoms. The van der Waals surface area contributed by atoms with Gasteiger partial charge in [0.05, 0.1) is 17.1 Å². The number of aryl methyl sites for hydroxylation is 3. The van der Waals surface area contributed by atoms with Gasteiger partial charge in [-0.2, -0.15) is 4.72 Å². The smallest absolute Gasteiger partial charge is 0.322 e. The Balaban J connectivity index is 1.29. The Bertz CT molecular complexity index is 2030. The number of carboxylic acid groups (broad SMARTS) is 1. The largest absolute Gasteiger partial charge is 0.480 e. The molecule has 10 nitrogen and oxygen atoms in total. The van der Waals surface area contributed by atoms with Crippen molar-refractivity contribution in [2.45, 2.75) is 44.7 Å². The van der Waals surface area contributed by atoms with E-state index in [1.54, 1.807) is 56.4 Å². The van der Waals surface area contributed by atoms with Crippen LogP contribution in [-0.2, 0) is 27.8 Å². The van der Waals surface area contributed by atoms with E-state index in [1.165, 1.54) is 0 Å². The first kappa shape index (κ1) is 31.3. The quantitative estimate of drug-likeness (QED) is 0.146. The Morgan fingerprint density at radius 3 is 2.18 bits per heavy atom. The number of aromatic nitrogens is 1. The lowest BCUT2D eigenvalue weighted by atomic mass is 10.0. The van der Waals surface area contributed by atoms with Gasteiger partial charge in [-0.15, -0.1) is 0 Å². The van der Waals surface area contributed by atoms with Gasteiger partial charge in [-0.05, 0) is 79.3 Å². The molecular weight excluding hydrogens is 592 g/mol. The topological polar surface area (TPSA) is 155 Å². The number of rotatable bonds is 12. The second-order valence-corrected chi connectivity index (χ2v) is 12.6. The van der Waals surface area contributed by atoms with Crippen LogP contribution in [0.2, 0.25) is 0 Å². The van der Waals surface area contributed by atoms with E-state index in [4.69, 9.17) is 0 Å². The predicted molar refractivity (Wildman–Crippen MR) is 174 cm³/mol. The third-order valence-electron chi connectivity index (χ3n) is 7.41. The van der Waals surface area contributed by atoms with Gasteiger partial charge in [-0.25, -0.2) is 8.42 Å². The molecule has 1 aromatic heterocycles. The van der Waals surface area contributed by atoms with Gasteiger partial charge < -0.3 is 15.7 Å². The average Bonchev–Trinajstić information content (AvgIpc) is 3.00. The van der Waals surface area contributed by atoms with Crippen LogP contribution in [0.4, 0.5) is 17.1 Å². The molecule has 0 spiro atoms. The molecule has 1 heterocycles. The lowest BCUT2D eigenvalue weighted by Gasteiger charge is -2.18. The molecule has 5 rings (SSSR count). The summed E-state index contributed by atoms with van der Waals surface area (Å²) >= 11 is 0. The van der Waals surface area contributed by atoms with Gasteiger partial charge in [0, 0.05) is 11.9 Å². The first-order valence-electron chi connectivity index (χ1n) is 14.2. The van der Waals surface area contributed by atoms with Crippen LogP contribution in [0.3, 0.4) is 0 Å². The number of carboxylic acids is 1. The Labute approximate surface area is 260 Å². The molecule has 5 aromatic rings. The summed E-state index contributed by atoms with van der Waals surface area (Å²) in [4.78, 5) is 40.9. The predicted octanol–water partition coefficient (Wildman–Crippen LogP) is 4.60. The fourth-order valence-corrected chi connectivity index (χ4v) is 7.01. The number of nitrogens with zero attached hydrogens (tertiary/aromatic N) is 1. The summed E-state index contributed by atoms with van der Waals surface area (Å²) in [6.45, 7) is 5.54. The van der Waals surface area contributed by atoms with Crippen molar-refractivity contribution < 1.29 is 18.3 Å². The maximum absolute atomic E-state index is 13.2. The molecule has 0 aliphatic rings. The van der Waals surface area contributed by atoms with Gasteiger partial charge >= 0.3 is 5.97 Å². The van der Waals surface area contributed by atoms with Crippen molar-refractivity contribution in [3.05, 3.63) is 133 Å². The van der Waals surface area contributed by atoms with E-state index in [-0.39, 0.29) is 22.7 Å². The van der Waals surface area contributed by atoms with Crippen LogP contribution in [0.5, 0.6) is 0 Å². The molecule has 4 N–H and O–H groups in total. The molecule has 1 unspecified atom stereocenters. The fraction of sp³-hybridized carbons (Fsp3) is 0.176. The Morgan fingerprint density at radius 1 is 0.844 bits per heavy atom. The number of benzene rings is 3. The van der Waals surface area contributed by atoms with Gasteiger partial charge in [0.2, 0.25) is 10.0 Å². The Kier molecular flexibility index (Phi) is 8.94.